The highest BCUT2D eigenvalue weighted by Gasteiger charge is 2.38. The molecule has 5 heteroatoms. The normalized spacial score (nSPS) is 24.0. The fourth-order valence-corrected chi connectivity index (χ4v) is 3.67. The summed E-state index contributed by atoms with van der Waals surface area (Å²) >= 11 is 0. The topological polar surface area (TPSA) is 50.8 Å². The quantitative estimate of drug-likeness (QED) is 0.928. The van der Waals surface area contributed by atoms with Gasteiger partial charge in [-0.1, -0.05) is 0 Å². The molecule has 1 aromatic carbocycles. The van der Waals surface area contributed by atoms with Gasteiger partial charge in [0, 0.05) is 29.8 Å². The number of carbonyl (C=O) groups is 1. The van der Waals surface area contributed by atoms with Crippen LogP contribution in [0.5, 0.6) is 11.5 Å². The summed E-state index contributed by atoms with van der Waals surface area (Å²) < 4.78 is 10.8. The van der Waals surface area contributed by atoms with Crippen LogP contribution >= 0.6 is 0 Å². The van der Waals surface area contributed by atoms with Crippen LogP contribution in [0.1, 0.15) is 35.2 Å². The number of fused-ring (bicyclic) bond motifs is 2. The lowest BCUT2D eigenvalue weighted by Crippen LogP contribution is -2.42. The van der Waals surface area contributed by atoms with Crippen molar-refractivity contribution < 1.29 is 14.3 Å². The monoisotopic (exact) mass is 304 g/mol. The average Bonchev–Trinajstić information content (AvgIpc) is 2.79. The first kappa shape index (κ1) is 15.2. The van der Waals surface area contributed by atoms with Crippen molar-refractivity contribution in [3.63, 3.8) is 0 Å². The number of amides is 1. The largest absolute Gasteiger partial charge is 0.496 e. The molecular formula is C17H24N2O3. The van der Waals surface area contributed by atoms with Crippen LogP contribution < -0.4 is 14.8 Å². The Morgan fingerprint density at radius 3 is 2.41 bits per heavy atom. The van der Waals surface area contributed by atoms with Gasteiger partial charge in [0.2, 0.25) is 0 Å². The van der Waals surface area contributed by atoms with Gasteiger partial charge in [-0.15, -0.1) is 0 Å². The fourth-order valence-electron chi connectivity index (χ4n) is 3.67. The van der Waals surface area contributed by atoms with Crippen molar-refractivity contribution in [3.8, 4) is 11.5 Å². The number of hydrogen-bond donors (Lipinski definition) is 1. The molecule has 2 unspecified atom stereocenters. The summed E-state index contributed by atoms with van der Waals surface area (Å²) in [6, 6.07) is 4.32. The summed E-state index contributed by atoms with van der Waals surface area (Å²) in [6.45, 7) is 3.82. The van der Waals surface area contributed by atoms with Crippen molar-refractivity contribution in [1.82, 2.24) is 10.2 Å². The number of methoxy groups -OCH3 is 2. The zero-order valence-electron chi connectivity index (χ0n) is 13.5. The van der Waals surface area contributed by atoms with Crippen molar-refractivity contribution in [2.75, 3.05) is 27.3 Å². The van der Waals surface area contributed by atoms with Gasteiger partial charge in [0.15, 0.2) is 0 Å². The van der Waals surface area contributed by atoms with Crippen molar-refractivity contribution in [2.24, 2.45) is 0 Å². The zero-order chi connectivity index (χ0) is 15.7. The Bertz CT molecular complexity index is 534. The van der Waals surface area contributed by atoms with E-state index >= 15 is 0 Å². The number of nitrogens with zero attached hydrogens (tertiary/aromatic N) is 1. The second kappa shape index (κ2) is 6.16. The smallest absolute Gasteiger partial charge is 0.254 e. The molecule has 120 valence electrons. The molecule has 0 saturated carbocycles. The molecule has 22 heavy (non-hydrogen) atoms. The van der Waals surface area contributed by atoms with Crippen LogP contribution in [0, 0.1) is 6.92 Å². The Labute approximate surface area is 131 Å². The van der Waals surface area contributed by atoms with Crippen molar-refractivity contribution >= 4 is 5.91 Å². The lowest BCUT2D eigenvalue weighted by Gasteiger charge is -2.28. The van der Waals surface area contributed by atoms with E-state index in [0.717, 1.165) is 37.9 Å². The van der Waals surface area contributed by atoms with Crippen LogP contribution in [-0.4, -0.2) is 50.2 Å². The maximum Gasteiger partial charge on any atom is 0.254 e. The Kier molecular flexibility index (Phi) is 4.25. The molecule has 0 spiro atoms. The van der Waals surface area contributed by atoms with E-state index in [4.69, 9.17) is 9.47 Å². The minimum absolute atomic E-state index is 0.0906. The number of ether oxygens (including phenoxy) is 2. The molecule has 0 aliphatic carbocycles. The van der Waals surface area contributed by atoms with Crippen LogP contribution in [0.2, 0.25) is 0 Å². The predicted molar refractivity (Wildman–Crippen MR) is 84.7 cm³/mol. The predicted octanol–water partition coefficient (Wildman–Crippen LogP) is 1.98. The molecular weight excluding hydrogens is 280 g/mol. The van der Waals surface area contributed by atoms with Crippen LogP contribution in [0.3, 0.4) is 0 Å². The highest BCUT2D eigenvalue weighted by Crippen LogP contribution is 2.33. The van der Waals surface area contributed by atoms with Crippen LogP contribution in [0.4, 0.5) is 0 Å². The molecule has 5 nitrogen and oxygen atoms in total. The highest BCUT2D eigenvalue weighted by molar-refractivity contribution is 5.96. The van der Waals surface area contributed by atoms with Gasteiger partial charge in [-0.25, -0.2) is 0 Å². The Hall–Kier alpha value is -1.75. The molecule has 2 fully saturated rings. The van der Waals surface area contributed by atoms with Gasteiger partial charge in [-0.3, -0.25) is 4.79 Å². The van der Waals surface area contributed by atoms with Gasteiger partial charge in [-0.05, 0) is 44.9 Å². The number of hydrogen-bond acceptors (Lipinski definition) is 4. The minimum Gasteiger partial charge on any atom is -0.496 e. The molecule has 2 saturated heterocycles. The van der Waals surface area contributed by atoms with Crippen LogP contribution in [0.15, 0.2) is 12.1 Å². The second-order valence-electron chi connectivity index (χ2n) is 6.10. The zero-order valence-corrected chi connectivity index (χ0v) is 13.5. The Morgan fingerprint density at radius 2 is 1.77 bits per heavy atom. The first-order chi connectivity index (χ1) is 10.7. The summed E-state index contributed by atoms with van der Waals surface area (Å²) in [6.07, 6.45) is 3.23. The third kappa shape index (κ3) is 2.54. The molecule has 2 aliphatic heterocycles. The van der Waals surface area contributed by atoms with E-state index in [1.165, 1.54) is 0 Å². The number of nitrogens with one attached hydrogen (secondary N) is 1. The molecule has 0 aromatic heterocycles. The number of rotatable bonds is 3. The summed E-state index contributed by atoms with van der Waals surface area (Å²) in [5.41, 5.74) is 1.57. The molecule has 1 N–H and O–H groups in total. The molecule has 3 rings (SSSR count). The lowest BCUT2D eigenvalue weighted by molar-refractivity contribution is 0.0679. The lowest BCUT2D eigenvalue weighted by atomic mass is 10.1. The summed E-state index contributed by atoms with van der Waals surface area (Å²) in [4.78, 5) is 15.1. The van der Waals surface area contributed by atoms with E-state index in [2.05, 4.69) is 10.2 Å². The standard InChI is InChI=1S/C17H24N2O3/c1-11-15(21-2)8-12(9-16(11)22-3)17(20)19-13-4-5-14(19)10-18-7-6-13/h8-9,13-14,18H,4-7,10H2,1-3H3. The van der Waals surface area contributed by atoms with Crippen LogP contribution in [-0.2, 0) is 0 Å². The van der Waals surface area contributed by atoms with Crippen molar-refractivity contribution in [2.45, 2.75) is 38.3 Å². The Morgan fingerprint density at radius 1 is 1.14 bits per heavy atom. The first-order valence-electron chi connectivity index (χ1n) is 7.91. The molecule has 1 aromatic rings. The second-order valence-corrected chi connectivity index (χ2v) is 6.10. The number of carbonyl (C=O) groups excluding carboxylic acids is 1. The highest BCUT2D eigenvalue weighted by atomic mass is 16.5. The maximum absolute atomic E-state index is 13.0. The average molecular weight is 304 g/mol. The molecule has 1 amide bonds. The van der Waals surface area contributed by atoms with E-state index in [1.807, 2.05) is 19.1 Å². The maximum atomic E-state index is 13.0. The van der Waals surface area contributed by atoms with E-state index < -0.39 is 0 Å². The fraction of sp³-hybridized carbons (Fsp3) is 0.588. The molecule has 2 aliphatic rings. The van der Waals surface area contributed by atoms with E-state index in [0.29, 0.717) is 29.1 Å². The van der Waals surface area contributed by atoms with Crippen LogP contribution in [0.25, 0.3) is 0 Å². The van der Waals surface area contributed by atoms with Gasteiger partial charge < -0.3 is 19.7 Å². The van der Waals surface area contributed by atoms with Gasteiger partial charge in [0.25, 0.3) is 5.91 Å². The van der Waals surface area contributed by atoms with E-state index in [1.54, 1.807) is 14.2 Å². The van der Waals surface area contributed by atoms with E-state index in [9.17, 15) is 4.79 Å². The molecule has 0 radical (unpaired) electrons. The molecule has 2 bridgehead atoms. The summed E-state index contributed by atoms with van der Waals surface area (Å²) in [5, 5.41) is 3.43. The SMILES string of the molecule is COc1cc(C(=O)N2C3CCNCC2CC3)cc(OC)c1C. The number of benzene rings is 1. The van der Waals surface area contributed by atoms with Gasteiger partial charge >= 0.3 is 0 Å². The first-order valence-corrected chi connectivity index (χ1v) is 7.91. The molecule has 2 atom stereocenters. The summed E-state index contributed by atoms with van der Waals surface area (Å²) in [7, 11) is 3.24. The van der Waals surface area contributed by atoms with Gasteiger partial charge in [0.1, 0.15) is 11.5 Å². The third-order valence-electron chi connectivity index (χ3n) is 4.89. The van der Waals surface area contributed by atoms with Crippen molar-refractivity contribution in [1.29, 1.82) is 0 Å². The summed E-state index contributed by atoms with van der Waals surface area (Å²) in [5.74, 6) is 1.48. The van der Waals surface area contributed by atoms with E-state index in [-0.39, 0.29) is 5.91 Å². The minimum atomic E-state index is 0.0906. The third-order valence-corrected chi connectivity index (χ3v) is 4.89. The van der Waals surface area contributed by atoms with Crippen molar-refractivity contribution in [3.05, 3.63) is 23.3 Å². The van der Waals surface area contributed by atoms with Gasteiger partial charge in [-0.2, -0.15) is 0 Å². The Balaban J connectivity index is 1.95. The molecule has 2 heterocycles. The van der Waals surface area contributed by atoms with Gasteiger partial charge in [0.05, 0.1) is 14.2 Å².